The van der Waals surface area contributed by atoms with Crippen molar-refractivity contribution < 1.29 is 14.3 Å². The van der Waals surface area contributed by atoms with Crippen LogP contribution in [-0.2, 0) is 13.0 Å². The number of amides is 1. The zero-order valence-electron chi connectivity index (χ0n) is 17.9. The van der Waals surface area contributed by atoms with Crippen molar-refractivity contribution >= 4 is 17.7 Å². The maximum Gasteiger partial charge on any atom is 0.255 e. The zero-order valence-corrected chi connectivity index (χ0v) is 18.7. The number of rotatable bonds is 7. The van der Waals surface area contributed by atoms with E-state index < -0.39 is 0 Å². The van der Waals surface area contributed by atoms with Gasteiger partial charge in [0.15, 0.2) is 11.5 Å². The molecule has 1 aliphatic heterocycles. The second kappa shape index (κ2) is 9.92. The molecule has 3 aromatic carbocycles. The van der Waals surface area contributed by atoms with Crippen molar-refractivity contribution in [1.29, 1.82) is 0 Å². The molecule has 1 heterocycles. The van der Waals surface area contributed by atoms with Gasteiger partial charge in [-0.15, -0.1) is 11.8 Å². The molecule has 31 heavy (non-hydrogen) atoms. The highest BCUT2D eigenvalue weighted by molar-refractivity contribution is 7.99. The molecule has 1 amide bonds. The number of hydrogen-bond donors (Lipinski definition) is 0. The molecule has 160 valence electrons. The van der Waals surface area contributed by atoms with E-state index in [2.05, 4.69) is 6.92 Å². The van der Waals surface area contributed by atoms with E-state index in [9.17, 15) is 4.79 Å². The molecule has 0 bridgehead atoms. The van der Waals surface area contributed by atoms with Gasteiger partial charge in [-0.3, -0.25) is 4.79 Å². The van der Waals surface area contributed by atoms with Crippen LogP contribution in [0.15, 0.2) is 72.8 Å². The van der Waals surface area contributed by atoms with Gasteiger partial charge in [0.25, 0.3) is 5.91 Å². The summed E-state index contributed by atoms with van der Waals surface area (Å²) in [5.41, 5.74) is 4.12. The van der Waals surface area contributed by atoms with E-state index >= 15 is 0 Å². The Hall–Kier alpha value is -2.92. The van der Waals surface area contributed by atoms with Gasteiger partial charge in [-0.2, -0.15) is 0 Å². The van der Waals surface area contributed by atoms with Crippen molar-refractivity contribution in [2.75, 3.05) is 19.4 Å². The summed E-state index contributed by atoms with van der Waals surface area (Å²) in [6.07, 6.45) is 0.967. The Kier molecular flexibility index (Phi) is 6.82. The van der Waals surface area contributed by atoms with Crippen LogP contribution in [0.1, 0.15) is 39.3 Å². The predicted molar refractivity (Wildman–Crippen MR) is 126 cm³/mol. The summed E-state index contributed by atoms with van der Waals surface area (Å²) in [5.74, 6) is 2.37. The Bertz CT molecular complexity index is 1020. The molecule has 0 spiro atoms. The van der Waals surface area contributed by atoms with Crippen LogP contribution in [0.5, 0.6) is 11.5 Å². The Morgan fingerprint density at radius 3 is 2.48 bits per heavy atom. The van der Waals surface area contributed by atoms with Crippen LogP contribution in [0.4, 0.5) is 0 Å². The van der Waals surface area contributed by atoms with E-state index in [4.69, 9.17) is 9.47 Å². The van der Waals surface area contributed by atoms with E-state index in [0.29, 0.717) is 18.1 Å². The molecule has 0 aliphatic carbocycles. The Morgan fingerprint density at radius 1 is 1.00 bits per heavy atom. The van der Waals surface area contributed by atoms with Crippen molar-refractivity contribution in [3.63, 3.8) is 0 Å². The van der Waals surface area contributed by atoms with Crippen molar-refractivity contribution in [3.05, 3.63) is 95.1 Å². The number of ether oxygens (including phenoxy) is 2. The highest BCUT2D eigenvalue weighted by Gasteiger charge is 2.31. The summed E-state index contributed by atoms with van der Waals surface area (Å²) in [6.45, 7) is 3.33. The van der Waals surface area contributed by atoms with Gasteiger partial charge in [0.2, 0.25) is 0 Å². The number of carbonyl (C=O) groups is 1. The monoisotopic (exact) mass is 433 g/mol. The second-order valence-electron chi connectivity index (χ2n) is 7.46. The van der Waals surface area contributed by atoms with Gasteiger partial charge in [-0.05, 0) is 47.4 Å². The number of nitrogens with zero attached hydrogens (tertiary/aromatic N) is 1. The largest absolute Gasteiger partial charge is 0.493 e. The Morgan fingerprint density at radius 2 is 1.77 bits per heavy atom. The highest BCUT2D eigenvalue weighted by atomic mass is 32.2. The molecule has 0 aromatic heterocycles. The maximum absolute atomic E-state index is 13.2. The predicted octanol–water partition coefficient (Wildman–Crippen LogP) is 5.72. The van der Waals surface area contributed by atoms with Crippen molar-refractivity contribution in [1.82, 2.24) is 4.90 Å². The normalized spacial score (nSPS) is 15.7. The van der Waals surface area contributed by atoms with Crippen LogP contribution in [0.2, 0.25) is 0 Å². The third-order valence-corrected chi connectivity index (χ3v) is 6.73. The quantitative estimate of drug-likeness (QED) is 0.477. The van der Waals surface area contributed by atoms with Crippen LogP contribution in [0, 0.1) is 0 Å². The van der Waals surface area contributed by atoms with Gasteiger partial charge >= 0.3 is 0 Å². The van der Waals surface area contributed by atoms with Gasteiger partial charge in [0.1, 0.15) is 12.0 Å². The van der Waals surface area contributed by atoms with E-state index in [1.165, 1.54) is 5.56 Å². The second-order valence-corrected chi connectivity index (χ2v) is 8.64. The van der Waals surface area contributed by atoms with E-state index in [1.807, 2.05) is 77.7 Å². The van der Waals surface area contributed by atoms with Crippen LogP contribution < -0.4 is 9.47 Å². The van der Waals surface area contributed by atoms with Crippen LogP contribution >= 0.6 is 11.8 Å². The number of aryl methyl sites for hydroxylation is 1. The molecule has 1 aliphatic rings. The molecular weight excluding hydrogens is 406 g/mol. The van der Waals surface area contributed by atoms with Crippen LogP contribution in [-0.4, -0.2) is 30.2 Å². The number of benzene rings is 3. The van der Waals surface area contributed by atoms with Gasteiger partial charge in [-0.25, -0.2) is 0 Å². The van der Waals surface area contributed by atoms with Gasteiger partial charge in [0.05, 0.1) is 7.11 Å². The molecule has 1 atom stereocenters. The topological polar surface area (TPSA) is 38.8 Å². The standard InChI is InChI=1S/C26H27NO3S/c1-3-19-9-11-21(12-10-19)25(28)27-15-16-31-26(27)22-13-14-23(24(17-22)29-2)30-18-20-7-5-4-6-8-20/h4-14,17,26H,3,15-16,18H2,1-2H3. The van der Waals surface area contributed by atoms with E-state index in [1.54, 1.807) is 18.9 Å². The minimum absolute atomic E-state index is 0.0320. The molecule has 1 saturated heterocycles. The first kappa shape index (κ1) is 21.3. The van der Waals surface area contributed by atoms with Crippen LogP contribution in [0.3, 0.4) is 0 Å². The van der Waals surface area contributed by atoms with Crippen LogP contribution in [0.25, 0.3) is 0 Å². The summed E-state index contributed by atoms with van der Waals surface area (Å²) in [6, 6.07) is 24.0. The lowest BCUT2D eigenvalue weighted by atomic mass is 10.1. The lowest BCUT2D eigenvalue weighted by Gasteiger charge is -2.25. The number of hydrogen-bond acceptors (Lipinski definition) is 4. The summed E-state index contributed by atoms with van der Waals surface area (Å²) in [4.78, 5) is 15.1. The fourth-order valence-corrected chi connectivity index (χ4v) is 4.94. The highest BCUT2D eigenvalue weighted by Crippen LogP contribution is 2.41. The Balaban J connectivity index is 1.51. The molecule has 1 fully saturated rings. The fourth-order valence-electron chi connectivity index (χ4n) is 3.70. The zero-order chi connectivity index (χ0) is 21.6. The van der Waals surface area contributed by atoms with Gasteiger partial charge in [0, 0.05) is 17.9 Å². The minimum atomic E-state index is -0.0320. The number of carbonyl (C=O) groups excluding carboxylic acids is 1. The fraction of sp³-hybridized carbons (Fsp3) is 0.269. The maximum atomic E-state index is 13.2. The molecule has 0 N–H and O–H groups in total. The smallest absolute Gasteiger partial charge is 0.255 e. The molecule has 0 saturated carbocycles. The molecular formula is C26H27NO3S. The van der Waals surface area contributed by atoms with E-state index in [0.717, 1.165) is 35.4 Å². The average molecular weight is 434 g/mol. The van der Waals surface area contributed by atoms with Crippen molar-refractivity contribution in [2.24, 2.45) is 0 Å². The summed E-state index contributed by atoms with van der Waals surface area (Å²) >= 11 is 1.78. The molecule has 4 rings (SSSR count). The molecule has 3 aromatic rings. The summed E-state index contributed by atoms with van der Waals surface area (Å²) < 4.78 is 11.6. The summed E-state index contributed by atoms with van der Waals surface area (Å²) in [7, 11) is 1.65. The minimum Gasteiger partial charge on any atom is -0.493 e. The lowest BCUT2D eigenvalue weighted by Crippen LogP contribution is -2.30. The van der Waals surface area contributed by atoms with Gasteiger partial charge in [-0.1, -0.05) is 55.5 Å². The van der Waals surface area contributed by atoms with Gasteiger partial charge < -0.3 is 14.4 Å². The number of thioether (sulfide) groups is 1. The van der Waals surface area contributed by atoms with E-state index in [-0.39, 0.29) is 11.3 Å². The molecule has 0 radical (unpaired) electrons. The van der Waals surface area contributed by atoms with Crippen molar-refractivity contribution in [2.45, 2.75) is 25.3 Å². The lowest BCUT2D eigenvalue weighted by molar-refractivity contribution is 0.0760. The summed E-state index contributed by atoms with van der Waals surface area (Å²) in [5, 5.41) is -0.0320. The first-order chi connectivity index (χ1) is 15.2. The first-order valence-corrected chi connectivity index (χ1v) is 11.6. The third kappa shape index (κ3) is 4.88. The van der Waals surface area contributed by atoms with Crippen molar-refractivity contribution in [3.8, 4) is 11.5 Å². The average Bonchev–Trinajstić information content (AvgIpc) is 3.33. The molecule has 1 unspecified atom stereocenters. The molecule has 5 heteroatoms. The third-order valence-electron chi connectivity index (χ3n) is 5.47. The number of methoxy groups -OCH3 is 1. The first-order valence-electron chi connectivity index (χ1n) is 10.6. The SMILES string of the molecule is CCc1ccc(C(=O)N2CCSC2c2ccc(OCc3ccccc3)c(OC)c2)cc1. The Labute approximate surface area is 188 Å². The molecule has 4 nitrogen and oxygen atoms in total.